The second-order valence-corrected chi connectivity index (χ2v) is 5.89. The number of aromatic nitrogens is 4. The van der Waals surface area contributed by atoms with Gasteiger partial charge in [-0.1, -0.05) is 29.3 Å². The van der Waals surface area contributed by atoms with Gasteiger partial charge in [0.2, 0.25) is 0 Å². The van der Waals surface area contributed by atoms with Crippen molar-refractivity contribution in [1.82, 2.24) is 19.7 Å². The number of benzene rings is 1. The highest BCUT2D eigenvalue weighted by molar-refractivity contribution is 6.36. The van der Waals surface area contributed by atoms with E-state index < -0.39 is 5.97 Å². The molecule has 0 radical (unpaired) electrons. The highest BCUT2D eigenvalue weighted by Crippen LogP contribution is 2.27. The Bertz CT molecular complexity index is 946. The van der Waals surface area contributed by atoms with Crippen LogP contribution in [0.1, 0.15) is 17.0 Å². The van der Waals surface area contributed by atoms with Gasteiger partial charge in [-0.05, 0) is 25.1 Å². The van der Waals surface area contributed by atoms with E-state index in [4.69, 9.17) is 28.3 Å². The van der Waals surface area contributed by atoms with E-state index >= 15 is 0 Å². The number of carbonyl (C=O) groups is 1. The molecule has 3 rings (SSSR count). The van der Waals surface area contributed by atoms with Crippen LogP contribution in [0.3, 0.4) is 0 Å². The van der Waals surface area contributed by atoms with Crippen LogP contribution in [0.4, 0.5) is 0 Å². The van der Waals surface area contributed by atoms with Gasteiger partial charge in [0, 0.05) is 21.7 Å². The number of hydrogen-bond donors (Lipinski definition) is 1. The van der Waals surface area contributed by atoms with Crippen LogP contribution in [-0.4, -0.2) is 30.8 Å². The zero-order valence-corrected chi connectivity index (χ0v) is 14.1. The predicted molar refractivity (Wildman–Crippen MR) is 92.3 cm³/mol. The van der Waals surface area contributed by atoms with Gasteiger partial charge in [-0.3, -0.25) is 0 Å². The Morgan fingerprint density at radius 2 is 2.00 bits per heavy atom. The number of rotatable bonds is 4. The number of hydrogen-bond acceptors (Lipinski definition) is 4. The van der Waals surface area contributed by atoms with Gasteiger partial charge in [-0.2, -0.15) is 5.10 Å². The van der Waals surface area contributed by atoms with Gasteiger partial charge in [0.15, 0.2) is 5.65 Å². The molecule has 1 N–H and O–H groups in total. The second-order valence-electron chi connectivity index (χ2n) is 5.07. The second kappa shape index (κ2) is 6.59. The molecule has 0 aliphatic heterocycles. The van der Waals surface area contributed by atoms with Crippen molar-refractivity contribution < 1.29 is 9.90 Å². The van der Waals surface area contributed by atoms with Crippen LogP contribution in [0.25, 0.3) is 17.1 Å². The molecule has 0 saturated heterocycles. The maximum Gasteiger partial charge on any atom is 0.328 e. The molecule has 1 aromatic carbocycles. The summed E-state index contributed by atoms with van der Waals surface area (Å²) in [6.07, 6.45) is 3.89. The lowest BCUT2D eigenvalue weighted by atomic mass is 10.2. The summed E-state index contributed by atoms with van der Waals surface area (Å²) in [5.74, 6) is -1.05. The third-order valence-corrected chi connectivity index (χ3v) is 4.21. The number of aryl methyl sites for hydroxylation is 1. The molecular weight excluding hydrogens is 351 g/mol. The number of aliphatic carboxylic acids is 1. The molecule has 0 amide bonds. The molecule has 0 aliphatic carbocycles. The van der Waals surface area contributed by atoms with Crippen molar-refractivity contribution in [2.45, 2.75) is 13.5 Å². The summed E-state index contributed by atoms with van der Waals surface area (Å²) in [6.45, 7) is 2.13. The van der Waals surface area contributed by atoms with Crippen LogP contribution >= 0.6 is 23.2 Å². The first-order chi connectivity index (χ1) is 11.5. The Balaban J connectivity index is 2.15. The molecule has 3 aromatic rings. The molecular formula is C16H12Cl2N4O2. The monoisotopic (exact) mass is 362 g/mol. The number of halogens is 2. The van der Waals surface area contributed by atoms with Crippen LogP contribution < -0.4 is 0 Å². The van der Waals surface area contributed by atoms with Crippen molar-refractivity contribution in [3.05, 3.63) is 57.6 Å². The number of carboxylic acid groups (broad SMARTS) is 1. The third-order valence-electron chi connectivity index (χ3n) is 3.50. The van der Waals surface area contributed by atoms with Crippen molar-refractivity contribution >= 4 is 46.3 Å². The average molecular weight is 363 g/mol. The van der Waals surface area contributed by atoms with Crippen LogP contribution in [0.15, 0.2) is 30.6 Å². The molecule has 0 fully saturated rings. The lowest BCUT2D eigenvalue weighted by Gasteiger charge is -2.07. The fourth-order valence-corrected chi connectivity index (χ4v) is 2.91. The molecule has 2 heterocycles. The lowest BCUT2D eigenvalue weighted by Crippen LogP contribution is -2.04. The van der Waals surface area contributed by atoms with Crippen molar-refractivity contribution in [3.63, 3.8) is 0 Å². The van der Waals surface area contributed by atoms with E-state index in [2.05, 4.69) is 15.1 Å². The number of carboxylic acids is 1. The topological polar surface area (TPSA) is 80.9 Å². The smallest absolute Gasteiger partial charge is 0.328 e. The molecule has 8 heteroatoms. The van der Waals surface area contributed by atoms with E-state index in [0.29, 0.717) is 39.0 Å². The Kier molecular flexibility index (Phi) is 4.51. The summed E-state index contributed by atoms with van der Waals surface area (Å²) >= 11 is 12.4. The van der Waals surface area contributed by atoms with Gasteiger partial charge in [0.1, 0.15) is 6.33 Å². The Morgan fingerprint density at radius 1 is 1.29 bits per heavy atom. The Morgan fingerprint density at radius 3 is 2.67 bits per heavy atom. The van der Waals surface area contributed by atoms with Crippen LogP contribution in [0.2, 0.25) is 10.0 Å². The average Bonchev–Trinajstić information content (AvgIpc) is 2.88. The summed E-state index contributed by atoms with van der Waals surface area (Å²) < 4.78 is 1.64. The largest absolute Gasteiger partial charge is 0.478 e. The molecule has 0 saturated carbocycles. The first kappa shape index (κ1) is 16.4. The molecule has 24 heavy (non-hydrogen) atoms. The summed E-state index contributed by atoms with van der Waals surface area (Å²) in [4.78, 5) is 19.2. The lowest BCUT2D eigenvalue weighted by molar-refractivity contribution is -0.131. The van der Waals surface area contributed by atoms with Crippen molar-refractivity contribution in [2.75, 3.05) is 0 Å². The Hall–Kier alpha value is -2.44. The van der Waals surface area contributed by atoms with Gasteiger partial charge in [-0.15, -0.1) is 0 Å². The third kappa shape index (κ3) is 3.11. The van der Waals surface area contributed by atoms with E-state index in [9.17, 15) is 4.79 Å². The standard InChI is InChI=1S/C16H12Cl2N4O2/c1-9-15-13(5-6-14(23)24)21-22(16(15)20-8-19-9)7-10-11(17)3-2-4-12(10)18/h2-6,8H,7H2,1H3,(H,23,24). The quantitative estimate of drug-likeness (QED) is 0.717. The van der Waals surface area contributed by atoms with Gasteiger partial charge in [0.05, 0.1) is 23.3 Å². The first-order valence-corrected chi connectivity index (χ1v) is 7.75. The molecule has 6 nitrogen and oxygen atoms in total. The van der Waals surface area contributed by atoms with Gasteiger partial charge in [-0.25, -0.2) is 19.4 Å². The van der Waals surface area contributed by atoms with E-state index in [1.54, 1.807) is 22.9 Å². The highest BCUT2D eigenvalue weighted by Gasteiger charge is 2.15. The molecule has 0 aliphatic rings. The summed E-state index contributed by atoms with van der Waals surface area (Å²) in [5.41, 5.74) is 2.49. The first-order valence-electron chi connectivity index (χ1n) is 6.99. The predicted octanol–water partition coefficient (Wildman–Crippen LogP) is 3.59. The number of fused-ring (bicyclic) bond motifs is 1. The van der Waals surface area contributed by atoms with Crippen LogP contribution in [0.5, 0.6) is 0 Å². The molecule has 2 aromatic heterocycles. The Labute approximate surface area is 147 Å². The highest BCUT2D eigenvalue weighted by atomic mass is 35.5. The zero-order valence-electron chi connectivity index (χ0n) is 12.6. The van der Waals surface area contributed by atoms with E-state index in [1.807, 2.05) is 6.92 Å². The molecule has 122 valence electrons. The fraction of sp³-hybridized carbons (Fsp3) is 0.125. The van der Waals surface area contributed by atoms with Crippen molar-refractivity contribution in [3.8, 4) is 0 Å². The minimum Gasteiger partial charge on any atom is -0.478 e. The normalized spacial score (nSPS) is 11.5. The van der Waals surface area contributed by atoms with Crippen LogP contribution in [0, 0.1) is 6.92 Å². The molecule has 0 spiro atoms. The van der Waals surface area contributed by atoms with Crippen LogP contribution in [-0.2, 0) is 11.3 Å². The fourth-order valence-electron chi connectivity index (χ4n) is 2.39. The SMILES string of the molecule is Cc1ncnc2c1c(C=CC(=O)O)nn2Cc1c(Cl)cccc1Cl. The zero-order chi connectivity index (χ0) is 17.3. The number of nitrogens with zero attached hydrogens (tertiary/aromatic N) is 4. The van der Waals surface area contributed by atoms with E-state index in [-0.39, 0.29) is 0 Å². The molecule has 0 atom stereocenters. The maximum absolute atomic E-state index is 10.8. The summed E-state index contributed by atoms with van der Waals surface area (Å²) in [7, 11) is 0. The molecule has 0 unspecified atom stereocenters. The molecule has 0 bridgehead atoms. The minimum absolute atomic E-state index is 0.312. The minimum atomic E-state index is -1.05. The van der Waals surface area contributed by atoms with Crippen molar-refractivity contribution in [1.29, 1.82) is 0 Å². The summed E-state index contributed by atoms with van der Waals surface area (Å²) in [5, 5.41) is 15.0. The van der Waals surface area contributed by atoms with E-state index in [1.165, 1.54) is 12.4 Å². The van der Waals surface area contributed by atoms with Crippen molar-refractivity contribution in [2.24, 2.45) is 0 Å². The summed E-state index contributed by atoms with van der Waals surface area (Å²) in [6, 6.07) is 5.27. The maximum atomic E-state index is 10.8. The van der Waals surface area contributed by atoms with Gasteiger partial charge in [0.25, 0.3) is 0 Å². The van der Waals surface area contributed by atoms with Gasteiger partial charge >= 0.3 is 5.97 Å². The van der Waals surface area contributed by atoms with E-state index in [0.717, 1.165) is 11.6 Å². The van der Waals surface area contributed by atoms with Gasteiger partial charge < -0.3 is 5.11 Å².